The number of rotatable bonds is 5. The molecule has 2 rings (SSSR count). The molecule has 1 amide bonds. The van der Waals surface area contributed by atoms with E-state index in [2.05, 4.69) is 21.2 Å². The number of nitrogens with zero attached hydrogens (tertiary/aromatic N) is 1. The van der Waals surface area contributed by atoms with Gasteiger partial charge in [-0.25, -0.2) is 8.78 Å². The lowest BCUT2D eigenvalue weighted by molar-refractivity contribution is 0.0950. The highest BCUT2D eigenvalue weighted by Gasteiger charge is 2.11. The van der Waals surface area contributed by atoms with Crippen molar-refractivity contribution in [1.29, 1.82) is 0 Å². The number of benzene rings is 2. The van der Waals surface area contributed by atoms with Gasteiger partial charge in [-0.1, -0.05) is 6.07 Å². The van der Waals surface area contributed by atoms with E-state index in [0.717, 1.165) is 5.56 Å². The Morgan fingerprint density at radius 3 is 2.57 bits per heavy atom. The molecule has 0 fully saturated rings. The van der Waals surface area contributed by atoms with Crippen LogP contribution in [0.5, 0.6) is 0 Å². The number of carbonyl (C=O) groups is 1. The summed E-state index contributed by atoms with van der Waals surface area (Å²) in [5, 5.41) is 2.75. The molecule has 0 radical (unpaired) electrons. The van der Waals surface area contributed by atoms with E-state index >= 15 is 0 Å². The monoisotopic (exact) mass is 382 g/mol. The zero-order chi connectivity index (χ0) is 17.0. The van der Waals surface area contributed by atoms with Crippen LogP contribution in [0.3, 0.4) is 0 Å². The number of amides is 1. The fourth-order valence-electron chi connectivity index (χ4n) is 2.15. The van der Waals surface area contributed by atoms with Gasteiger partial charge in [0.05, 0.1) is 5.56 Å². The maximum atomic E-state index is 13.7. The van der Waals surface area contributed by atoms with Gasteiger partial charge in [0.2, 0.25) is 0 Å². The van der Waals surface area contributed by atoms with Gasteiger partial charge in [0.1, 0.15) is 11.6 Å². The summed E-state index contributed by atoms with van der Waals surface area (Å²) in [6.45, 7) is 0.750. The third-order valence-electron chi connectivity index (χ3n) is 3.23. The largest absolute Gasteiger partial charge is 0.348 e. The summed E-state index contributed by atoms with van der Waals surface area (Å²) in [6, 6.07) is 8.64. The van der Waals surface area contributed by atoms with Crippen LogP contribution in [0.4, 0.5) is 8.78 Å². The first-order valence-electron chi connectivity index (χ1n) is 7.02. The molecule has 0 saturated carbocycles. The van der Waals surface area contributed by atoms with Crippen molar-refractivity contribution in [3.63, 3.8) is 0 Å². The molecule has 1 N–H and O–H groups in total. The summed E-state index contributed by atoms with van der Waals surface area (Å²) in [6.07, 6.45) is 0. The minimum absolute atomic E-state index is 0.267. The fourth-order valence-corrected chi connectivity index (χ4v) is 2.68. The summed E-state index contributed by atoms with van der Waals surface area (Å²) in [5.41, 5.74) is 1.72. The molecule has 0 spiro atoms. The molecule has 0 saturated heterocycles. The summed E-state index contributed by atoms with van der Waals surface area (Å²) in [4.78, 5) is 14.0. The molecule has 0 atom stereocenters. The maximum Gasteiger partial charge on any atom is 0.252 e. The van der Waals surface area contributed by atoms with Gasteiger partial charge in [-0.3, -0.25) is 4.79 Å². The Labute approximate surface area is 142 Å². The van der Waals surface area contributed by atoms with E-state index in [1.165, 1.54) is 24.3 Å². The minimum Gasteiger partial charge on any atom is -0.348 e. The standard InChI is InChI=1S/C17H17BrF2N2O/c1-22(2)10-12-7-11(3-6-16(12)20)9-21-17(23)14-5-4-13(19)8-15(14)18/h3-8H,9-10H2,1-2H3,(H,21,23). The van der Waals surface area contributed by atoms with E-state index < -0.39 is 5.82 Å². The van der Waals surface area contributed by atoms with Crippen LogP contribution in [0.25, 0.3) is 0 Å². The summed E-state index contributed by atoms with van der Waals surface area (Å²) in [7, 11) is 3.72. The third kappa shape index (κ3) is 4.84. The Morgan fingerprint density at radius 1 is 1.17 bits per heavy atom. The first kappa shape index (κ1) is 17.6. The highest BCUT2D eigenvalue weighted by atomic mass is 79.9. The fraction of sp³-hybridized carbons (Fsp3) is 0.235. The lowest BCUT2D eigenvalue weighted by atomic mass is 10.1. The molecular weight excluding hydrogens is 366 g/mol. The van der Waals surface area contributed by atoms with Crippen molar-refractivity contribution in [3.8, 4) is 0 Å². The molecule has 0 bridgehead atoms. The van der Waals surface area contributed by atoms with Crippen molar-refractivity contribution >= 4 is 21.8 Å². The number of nitrogens with one attached hydrogen (secondary N) is 1. The Kier molecular flexibility index (Phi) is 5.85. The van der Waals surface area contributed by atoms with E-state index in [0.29, 0.717) is 22.1 Å². The van der Waals surface area contributed by atoms with Crippen LogP contribution in [-0.4, -0.2) is 24.9 Å². The van der Waals surface area contributed by atoms with Gasteiger partial charge in [-0.15, -0.1) is 0 Å². The zero-order valence-electron chi connectivity index (χ0n) is 12.9. The predicted octanol–water partition coefficient (Wildman–Crippen LogP) is 3.72. The van der Waals surface area contributed by atoms with E-state index in [1.54, 1.807) is 12.1 Å². The van der Waals surface area contributed by atoms with Crippen molar-refractivity contribution in [3.05, 3.63) is 69.2 Å². The molecule has 0 aromatic heterocycles. The van der Waals surface area contributed by atoms with Gasteiger partial charge in [-0.05, 0) is 65.9 Å². The smallest absolute Gasteiger partial charge is 0.252 e. The Balaban J connectivity index is 2.07. The van der Waals surface area contributed by atoms with Gasteiger partial charge >= 0.3 is 0 Å². The van der Waals surface area contributed by atoms with Crippen LogP contribution in [0.15, 0.2) is 40.9 Å². The van der Waals surface area contributed by atoms with E-state index in [-0.39, 0.29) is 18.3 Å². The van der Waals surface area contributed by atoms with Crippen molar-refractivity contribution in [2.75, 3.05) is 14.1 Å². The zero-order valence-corrected chi connectivity index (χ0v) is 14.5. The number of carbonyl (C=O) groups excluding carboxylic acids is 1. The molecule has 0 aliphatic carbocycles. The van der Waals surface area contributed by atoms with Crippen LogP contribution in [0.1, 0.15) is 21.5 Å². The molecule has 0 aliphatic heterocycles. The Hall–Kier alpha value is -1.79. The van der Waals surface area contributed by atoms with Crippen LogP contribution in [0.2, 0.25) is 0 Å². The summed E-state index contributed by atoms with van der Waals surface area (Å²) in [5.74, 6) is -1.01. The molecule has 23 heavy (non-hydrogen) atoms. The molecule has 3 nitrogen and oxygen atoms in total. The van der Waals surface area contributed by atoms with Crippen molar-refractivity contribution < 1.29 is 13.6 Å². The Bertz CT molecular complexity index is 720. The minimum atomic E-state index is -0.416. The molecule has 122 valence electrons. The highest BCUT2D eigenvalue weighted by molar-refractivity contribution is 9.10. The normalized spacial score (nSPS) is 10.9. The number of hydrogen-bond donors (Lipinski definition) is 1. The van der Waals surface area contributed by atoms with Crippen LogP contribution in [0, 0.1) is 11.6 Å². The predicted molar refractivity (Wildman–Crippen MR) is 89.1 cm³/mol. The molecule has 2 aromatic carbocycles. The second-order valence-electron chi connectivity index (χ2n) is 5.47. The van der Waals surface area contributed by atoms with Crippen LogP contribution < -0.4 is 5.32 Å². The summed E-state index contributed by atoms with van der Waals surface area (Å²) < 4.78 is 27.2. The lowest BCUT2D eigenvalue weighted by Gasteiger charge is -2.12. The second kappa shape index (κ2) is 7.66. The number of halogens is 3. The van der Waals surface area contributed by atoms with Crippen molar-refractivity contribution in [2.45, 2.75) is 13.1 Å². The SMILES string of the molecule is CN(C)Cc1cc(CNC(=O)c2ccc(F)cc2Br)ccc1F. The first-order valence-corrected chi connectivity index (χ1v) is 7.81. The van der Waals surface area contributed by atoms with Gasteiger partial charge in [0, 0.05) is 23.1 Å². The second-order valence-corrected chi connectivity index (χ2v) is 6.32. The topological polar surface area (TPSA) is 32.3 Å². The van der Waals surface area contributed by atoms with Crippen LogP contribution in [-0.2, 0) is 13.1 Å². The van der Waals surface area contributed by atoms with Gasteiger partial charge in [-0.2, -0.15) is 0 Å². The van der Waals surface area contributed by atoms with Crippen molar-refractivity contribution in [2.24, 2.45) is 0 Å². The first-order chi connectivity index (χ1) is 10.9. The van der Waals surface area contributed by atoms with E-state index in [9.17, 15) is 13.6 Å². The third-order valence-corrected chi connectivity index (χ3v) is 3.88. The van der Waals surface area contributed by atoms with Gasteiger partial charge < -0.3 is 10.2 Å². The quantitative estimate of drug-likeness (QED) is 0.854. The highest BCUT2D eigenvalue weighted by Crippen LogP contribution is 2.18. The Morgan fingerprint density at radius 2 is 1.91 bits per heavy atom. The van der Waals surface area contributed by atoms with Crippen LogP contribution >= 0.6 is 15.9 Å². The van der Waals surface area contributed by atoms with Gasteiger partial charge in [0.25, 0.3) is 5.91 Å². The maximum absolute atomic E-state index is 13.7. The molecule has 0 unspecified atom stereocenters. The molecule has 0 aliphatic rings. The molecular formula is C17H17BrF2N2O. The van der Waals surface area contributed by atoms with Crippen molar-refractivity contribution in [1.82, 2.24) is 10.2 Å². The molecule has 0 heterocycles. The summed E-state index contributed by atoms with van der Waals surface area (Å²) >= 11 is 3.17. The average molecular weight is 383 g/mol. The average Bonchev–Trinajstić information content (AvgIpc) is 2.47. The molecule has 6 heteroatoms. The lowest BCUT2D eigenvalue weighted by Crippen LogP contribution is -2.23. The van der Waals surface area contributed by atoms with E-state index in [1.807, 2.05) is 19.0 Å². The van der Waals surface area contributed by atoms with E-state index in [4.69, 9.17) is 0 Å². The molecule has 2 aromatic rings. The number of hydrogen-bond acceptors (Lipinski definition) is 2. The van der Waals surface area contributed by atoms with Gasteiger partial charge in [0.15, 0.2) is 0 Å².